The van der Waals surface area contributed by atoms with Crippen LogP contribution < -0.4 is 21.5 Å². The maximum Gasteiger partial charge on any atom is 0.224 e. The van der Waals surface area contributed by atoms with E-state index in [-0.39, 0.29) is 0 Å². The van der Waals surface area contributed by atoms with E-state index in [1.54, 1.807) is 18.5 Å². The highest BCUT2D eigenvalue weighted by atomic mass is 16.5. The Morgan fingerprint density at radius 2 is 1.45 bits per heavy atom. The topological polar surface area (TPSA) is 156 Å². The summed E-state index contributed by atoms with van der Waals surface area (Å²) in [6, 6.07) is 24.8. The normalized spacial score (nSPS) is 10.8. The number of nitrogen functional groups attached to an aromatic ring is 2. The average molecular weight is 502 g/mol. The highest BCUT2D eigenvalue weighted by Crippen LogP contribution is 2.33. The standard InChI is InChI=1S/C21H16N6O.C7H7N3/c22-17-6-8-19(16-4-2-1-3-15(16)17)28-21-10-20(23-12-24-21)26-14-5-7-18-13(9-14)11-25-27-18;8-6-1-2-7-5(3-6)4-9-10-7/h1-12H,22H2,(H,25,27)(H,23,24,26);1-4H,8H2,(H,9,10). The SMILES string of the molecule is Nc1ccc(Oc2cc(Nc3ccc4[nH]ncc4c3)ncn2)c2ccccc12.Nc1ccc2[nH]ncc2c1. The van der Waals surface area contributed by atoms with Gasteiger partial charge in [0.15, 0.2) is 0 Å². The maximum absolute atomic E-state index is 6.06. The van der Waals surface area contributed by atoms with E-state index in [1.165, 1.54) is 6.33 Å². The molecule has 0 aliphatic rings. The fourth-order valence-corrected chi connectivity index (χ4v) is 4.09. The maximum atomic E-state index is 6.06. The van der Waals surface area contributed by atoms with Gasteiger partial charge in [-0.2, -0.15) is 10.2 Å². The second-order valence-corrected chi connectivity index (χ2v) is 8.56. The molecule has 3 aromatic heterocycles. The third-order valence-electron chi connectivity index (χ3n) is 5.95. The highest BCUT2D eigenvalue weighted by molar-refractivity contribution is 5.97. The largest absolute Gasteiger partial charge is 0.438 e. The van der Waals surface area contributed by atoms with Crippen LogP contribution in [-0.2, 0) is 0 Å². The number of ether oxygens (including phenoxy) is 1. The number of nitrogens with one attached hydrogen (secondary N) is 3. The molecule has 0 saturated carbocycles. The van der Waals surface area contributed by atoms with E-state index < -0.39 is 0 Å². The molecule has 38 heavy (non-hydrogen) atoms. The van der Waals surface area contributed by atoms with Gasteiger partial charge in [0.05, 0.1) is 23.4 Å². The summed E-state index contributed by atoms with van der Waals surface area (Å²) in [5.41, 5.74) is 16.0. The lowest BCUT2D eigenvalue weighted by molar-refractivity contribution is 0.467. The molecule has 10 nitrogen and oxygen atoms in total. The molecule has 7 N–H and O–H groups in total. The van der Waals surface area contributed by atoms with Gasteiger partial charge in [-0.05, 0) is 48.5 Å². The van der Waals surface area contributed by atoms with Gasteiger partial charge in [-0.25, -0.2) is 9.97 Å². The molecule has 0 fully saturated rings. The van der Waals surface area contributed by atoms with Crippen LogP contribution in [0.3, 0.4) is 0 Å². The Hall–Kier alpha value is -5.64. The summed E-state index contributed by atoms with van der Waals surface area (Å²) in [7, 11) is 0. The van der Waals surface area contributed by atoms with Crippen LogP contribution in [0.2, 0.25) is 0 Å². The first-order valence-corrected chi connectivity index (χ1v) is 11.8. The van der Waals surface area contributed by atoms with Crippen LogP contribution in [0, 0.1) is 0 Å². The minimum atomic E-state index is 0.441. The van der Waals surface area contributed by atoms with Crippen LogP contribution in [0.15, 0.2) is 97.6 Å². The monoisotopic (exact) mass is 501 g/mol. The summed E-state index contributed by atoms with van der Waals surface area (Å²) in [6.07, 6.45) is 5.00. The number of hydrogen-bond acceptors (Lipinski definition) is 8. The predicted octanol–water partition coefficient (Wildman–Crippen LogP) is 5.77. The summed E-state index contributed by atoms with van der Waals surface area (Å²) in [4.78, 5) is 8.50. The summed E-state index contributed by atoms with van der Waals surface area (Å²) in [5.74, 6) is 1.76. The minimum Gasteiger partial charge on any atom is -0.438 e. The zero-order valence-corrected chi connectivity index (χ0v) is 20.1. The van der Waals surface area contributed by atoms with Crippen LogP contribution in [-0.4, -0.2) is 30.4 Å². The molecule has 0 aliphatic heterocycles. The molecule has 0 aliphatic carbocycles. The Labute approximate surface area is 216 Å². The molecule has 186 valence electrons. The molecule has 10 heteroatoms. The zero-order chi connectivity index (χ0) is 25.9. The number of aromatic amines is 2. The van der Waals surface area contributed by atoms with Gasteiger partial charge < -0.3 is 21.5 Å². The number of nitrogens with two attached hydrogens (primary N) is 2. The lowest BCUT2D eigenvalue weighted by Gasteiger charge is -2.11. The van der Waals surface area contributed by atoms with Crippen LogP contribution >= 0.6 is 0 Å². The molecule has 0 amide bonds. The molecule has 3 heterocycles. The first-order valence-electron chi connectivity index (χ1n) is 11.8. The summed E-state index contributed by atoms with van der Waals surface area (Å²) in [6.45, 7) is 0. The Morgan fingerprint density at radius 1 is 0.711 bits per heavy atom. The predicted molar refractivity (Wildman–Crippen MR) is 150 cm³/mol. The molecule has 7 aromatic rings. The number of nitrogens with zero attached hydrogens (tertiary/aromatic N) is 4. The smallest absolute Gasteiger partial charge is 0.224 e. The minimum absolute atomic E-state index is 0.441. The summed E-state index contributed by atoms with van der Waals surface area (Å²) in [5, 5.41) is 20.9. The lowest BCUT2D eigenvalue weighted by atomic mass is 10.1. The highest BCUT2D eigenvalue weighted by Gasteiger charge is 2.08. The van der Waals surface area contributed by atoms with Gasteiger partial charge in [0.1, 0.15) is 17.9 Å². The van der Waals surface area contributed by atoms with Crippen molar-refractivity contribution < 1.29 is 4.74 Å². The van der Waals surface area contributed by atoms with E-state index in [0.29, 0.717) is 23.1 Å². The number of benzene rings is 4. The molecular weight excluding hydrogens is 478 g/mol. The summed E-state index contributed by atoms with van der Waals surface area (Å²) < 4.78 is 6.02. The van der Waals surface area contributed by atoms with Crippen molar-refractivity contribution in [1.29, 1.82) is 0 Å². The van der Waals surface area contributed by atoms with E-state index in [4.69, 9.17) is 16.2 Å². The molecule has 0 unspecified atom stereocenters. The van der Waals surface area contributed by atoms with Crippen molar-refractivity contribution in [2.24, 2.45) is 0 Å². The molecule has 7 rings (SSSR count). The van der Waals surface area contributed by atoms with Crippen molar-refractivity contribution in [2.75, 3.05) is 16.8 Å². The van der Waals surface area contributed by atoms with Gasteiger partial charge in [0.25, 0.3) is 0 Å². The molecular formula is C28H23N9O. The Morgan fingerprint density at radius 3 is 2.26 bits per heavy atom. The van der Waals surface area contributed by atoms with Gasteiger partial charge in [0.2, 0.25) is 5.88 Å². The van der Waals surface area contributed by atoms with Gasteiger partial charge in [-0.15, -0.1) is 0 Å². The van der Waals surface area contributed by atoms with Crippen LogP contribution in [0.25, 0.3) is 32.6 Å². The van der Waals surface area contributed by atoms with Crippen LogP contribution in [0.4, 0.5) is 22.9 Å². The van der Waals surface area contributed by atoms with Crippen molar-refractivity contribution in [3.63, 3.8) is 0 Å². The molecule has 0 bridgehead atoms. The van der Waals surface area contributed by atoms with E-state index in [0.717, 1.165) is 44.0 Å². The number of hydrogen-bond donors (Lipinski definition) is 5. The average Bonchev–Trinajstić information content (AvgIpc) is 3.60. The van der Waals surface area contributed by atoms with Gasteiger partial charge in [-0.3, -0.25) is 10.2 Å². The summed E-state index contributed by atoms with van der Waals surface area (Å²) >= 11 is 0. The van der Waals surface area contributed by atoms with Gasteiger partial charge >= 0.3 is 0 Å². The van der Waals surface area contributed by atoms with E-state index in [2.05, 4.69) is 35.7 Å². The van der Waals surface area contributed by atoms with Crippen molar-refractivity contribution in [2.45, 2.75) is 0 Å². The second-order valence-electron chi connectivity index (χ2n) is 8.56. The molecule has 0 radical (unpaired) electrons. The third-order valence-corrected chi connectivity index (χ3v) is 5.95. The number of fused-ring (bicyclic) bond motifs is 3. The van der Waals surface area contributed by atoms with Gasteiger partial charge in [0, 0.05) is 44.7 Å². The molecule has 0 saturated heterocycles. The first-order chi connectivity index (χ1) is 18.6. The molecule has 4 aromatic carbocycles. The number of anilines is 4. The van der Waals surface area contributed by atoms with Crippen molar-refractivity contribution in [1.82, 2.24) is 30.4 Å². The molecule has 0 atom stereocenters. The van der Waals surface area contributed by atoms with Crippen molar-refractivity contribution in [3.8, 4) is 11.6 Å². The third kappa shape index (κ3) is 4.73. The fraction of sp³-hybridized carbons (Fsp3) is 0. The van der Waals surface area contributed by atoms with Crippen LogP contribution in [0.1, 0.15) is 0 Å². The number of aromatic nitrogens is 6. The van der Waals surface area contributed by atoms with E-state index in [1.807, 2.05) is 72.8 Å². The second kappa shape index (κ2) is 9.78. The van der Waals surface area contributed by atoms with Crippen molar-refractivity contribution >= 4 is 55.5 Å². The number of rotatable bonds is 4. The quantitative estimate of drug-likeness (QED) is 0.190. The number of H-pyrrole nitrogens is 2. The van der Waals surface area contributed by atoms with E-state index in [9.17, 15) is 0 Å². The zero-order valence-electron chi connectivity index (χ0n) is 20.1. The van der Waals surface area contributed by atoms with Crippen molar-refractivity contribution in [3.05, 3.63) is 97.6 Å². The van der Waals surface area contributed by atoms with E-state index >= 15 is 0 Å². The Bertz CT molecular complexity index is 1880. The van der Waals surface area contributed by atoms with Gasteiger partial charge in [-0.1, -0.05) is 24.3 Å². The molecule has 0 spiro atoms. The lowest BCUT2D eigenvalue weighted by Crippen LogP contribution is -1.97. The van der Waals surface area contributed by atoms with Crippen LogP contribution in [0.5, 0.6) is 11.6 Å². The first kappa shape index (κ1) is 22.8. The fourth-order valence-electron chi connectivity index (χ4n) is 4.09. The Kier molecular flexibility index (Phi) is 5.87. The Balaban J connectivity index is 0.000000221.